The van der Waals surface area contributed by atoms with E-state index in [1.807, 2.05) is 0 Å². The van der Waals surface area contributed by atoms with Crippen molar-refractivity contribution in [2.45, 2.75) is 22.8 Å². The topological polar surface area (TPSA) is 85.8 Å². The molecule has 2 heterocycles. The van der Waals surface area contributed by atoms with Gasteiger partial charge in [-0.15, -0.1) is 0 Å². The van der Waals surface area contributed by atoms with Gasteiger partial charge in [-0.3, -0.25) is 4.79 Å². The zero-order chi connectivity index (χ0) is 20.1. The van der Waals surface area contributed by atoms with Crippen LogP contribution in [-0.4, -0.2) is 56.6 Å². The summed E-state index contributed by atoms with van der Waals surface area (Å²) in [5.74, 6) is 1.07. The lowest BCUT2D eigenvalue weighted by Crippen LogP contribution is -2.27. The van der Waals surface area contributed by atoms with E-state index in [-0.39, 0.29) is 16.4 Å². The van der Waals surface area contributed by atoms with Gasteiger partial charge in [-0.25, -0.2) is 13.4 Å². The molecule has 9 heteroatoms. The normalized spacial score (nSPS) is 14.8. The number of carbonyl (C=O) groups excluding carboxylic acids is 1. The van der Waals surface area contributed by atoms with Gasteiger partial charge in [-0.05, 0) is 43.2 Å². The van der Waals surface area contributed by atoms with Gasteiger partial charge in [0.1, 0.15) is 16.4 Å². The Morgan fingerprint density at radius 1 is 1.14 bits per heavy atom. The number of hydrogen-bond acceptors (Lipinski definition) is 7. The number of rotatable bonds is 8. The van der Waals surface area contributed by atoms with Crippen molar-refractivity contribution in [3.05, 3.63) is 42.1 Å². The van der Waals surface area contributed by atoms with E-state index >= 15 is 0 Å². The van der Waals surface area contributed by atoms with Crippen LogP contribution in [0.1, 0.15) is 23.2 Å². The van der Waals surface area contributed by atoms with Crippen molar-refractivity contribution in [1.82, 2.24) is 9.29 Å². The number of benzene rings is 1. The molecule has 2 aromatic rings. The van der Waals surface area contributed by atoms with Crippen LogP contribution in [0.25, 0.3) is 0 Å². The van der Waals surface area contributed by atoms with Gasteiger partial charge in [0.2, 0.25) is 10.0 Å². The second-order valence-corrected chi connectivity index (χ2v) is 9.15. The Bertz CT molecular complexity index is 939. The van der Waals surface area contributed by atoms with Crippen LogP contribution in [-0.2, 0) is 10.0 Å². The molecule has 0 bridgehead atoms. The average molecular weight is 423 g/mol. The molecule has 0 N–H and O–H groups in total. The largest absolute Gasteiger partial charge is 0.497 e. The number of ketones is 1. The predicted octanol–water partition coefficient (Wildman–Crippen LogP) is 2.86. The number of nitrogens with zero attached hydrogens (tertiary/aromatic N) is 2. The van der Waals surface area contributed by atoms with E-state index in [0.29, 0.717) is 35.2 Å². The van der Waals surface area contributed by atoms with Gasteiger partial charge in [0.05, 0.1) is 30.6 Å². The van der Waals surface area contributed by atoms with Crippen LogP contribution in [0.4, 0.5) is 0 Å². The van der Waals surface area contributed by atoms with Crippen molar-refractivity contribution < 1.29 is 22.7 Å². The summed E-state index contributed by atoms with van der Waals surface area (Å²) in [6, 6.07) is 8.22. The highest BCUT2D eigenvalue weighted by Crippen LogP contribution is 2.27. The van der Waals surface area contributed by atoms with E-state index in [1.54, 1.807) is 30.3 Å². The molecule has 7 nitrogen and oxygen atoms in total. The zero-order valence-electron chi connectivity index (χ0n) is 15.8. The number of Topliss-reactive ketones (excluding diaryl/α,β-unsaturated/α-hetero) is 1. The molecule has 1 aromatic heterocycles. The molecular formula is C19H22N2O5S2. The van der Waals surface area contributed by atoms with E-state index in [0.717, 1.165) is 12.8 Å². The summed E-state index contributed by atoms with van der Waals surface area (Å²) in [6.45, 7) is 1.10. The van der Waals surface area contributed by atoms with Crippen LogP contribution in [0, 0.1) is 0 Å². The number of sulfonamides is 1. The first-order valence-corrected chi connectivity index (χ1v) is 11.2. The fourth-order valence-electron chi connectivity index (χ4n) is 2.93. The van der Waals surface area contributed by atoms with E-state index in [2.05, 4.69) is 4.98 Å². The Balaban J connectivity index is 1.67. The Kier molecular flexibility index (Phi) is 6.58. The lowest BCUT2D eigenvalue weighted by atomic mass is 10.1. The Morgan fingerprint density at radius 2 is 1.89 bits per heavy atom. The first kappa shape index (κ1) is 20.6. The van der Waals surface area contributed by atoms with Crippen molar-refractivity contribution >= 4 is 27.6 Å². The van der Waals surface area contributed by atoms with Gasteiger partial charge in [-0.2, -0.15) is 4.31 Å². The van der Waals surface area contributed by atoms with Crippen LogP contribution in [0.5, 0.6) is 11.5 Å². The molecule has 0 amide bonds. The maximum atomic E-state index is 12.6. The molecule has 1 aromatic carbocycles. The summed E-state index contributed by atoms with van der Waals surface area (Å²) in [5.41, 5.74) is 0.433. The third kappa shape index (κ3) is 4.48. The number of hydrogen-bond donors (Lipinski definition) is 0. The quantitative estimate of drug-likeness (QED) is 0.478. The molecule has 1 aliphatic heterocycles. The lowest BCUT2D eigenvalue weighted by molar-refractivity contribution is 0.101. The van der Waals surface area contributed by atoms with Gasteiger partial charge < -0.3 is 9.47 Å². The first-order valence-electron chi connectivity index (χ1n) is 8.80. The van der Waals surface area contributed by atoms with Crippen LogP contribution < -0.4 is 9.47 Å². The maximum absolute atomic E-state index is 12.6. The zero-order valence-corrected chi connectivity index (χ0v) is 17.4. The SMILES string of the molecule is COc1ccc(OC)c(C(=O)CSc2ccc(S(=O)(=O)N3CCCC3)cn2)c1. The molecule has 28 heavy (non-hydrogen) atoms. The number of methoxy groups -OCH3 is 2. The molecule has 0 radical (unpaired) electrons. The standard InChI is InChI=1S/C19H22N2O5S2/c1-25-14-5-7-18(26-2)16(11-14)17(22)13-27-19-8-6-15(12-20-19)28(23,24)21-9-3-4-10-21/h5-8,11-12H,3-4,9-10,13H2,1-2H3. The van der Waals surface area contributed by atoms with Gasteiger partial charge in [0.15, 0.2) is 5.78 Å². The smallest absolute Gasteiger partial charge is 0.244 e. The molecule has 0 spiro atoms. The number of pyridine rings is 1. The van der Waals surface area contributed by atoms with Gasteiger partial charge in [-0.1, -0.05) is 11.8 Å². The molecule has 1 saturated heterocycles. The monoisotopic (exact) mass is 422 g/mol. The van der Waals surface area contributed by atoms with Crippen molar-refractivity contribution in [3.63, 3.8) is 0 Å². The van der Waals surface area contributed by atoms with Crippen LogP contribution in [0.15, 0.2) is 46.5 Å². The highest BCUT2D eigenvalue weighted by atomic mass is 32.2. The minimum Gasteiger partial charge on any atom is -0.497 e. The Morgan fingerprint density at radius 3 is 2.50 bits per heavy atom. The highest BCUT2D eigenvalue weighted by molar-refractivity contribution is 7.99. The maximum Gasteiger partial charge on any atom is 0.244 e. The molecular weight excluding hydrogens is 400 g/mol. The summed E-state index contributed by atoms with van der Waals surface area (Å²) in [5, 5.41) is 0.579. The molecule has 0 atom stereocenters. The number of carbonyl (C=O) groups is 1. The Labute approximate surface area is 169 Å². The fourth-order valence-corrected chi connectivity index (χ4v) is 5.12. The summed E-state index contributed by atoms with van der Waals surface area (Å²) in [4.78, 5) is 17.0. The molecule has 1 aliphatic rings. The van der Waals surface area contributed by atoms with Gasteiger partial charge in [0, 0.05) is 19.3 Å². The fraction of sp³-hybridized carbons (Fsp3) is 0.368. The summed E-state index contributed by atoms with van der Waals surface area (Å²) < 4.78 is 36.9. The van der Waals surface area contributed by atoms with Gasteiger partial charge >= 0.3 is 0 Å². The summed E-state index contributed by atoms with van der Waals surface area (Å²) in [6.07, 6.45) is 3.12. The minimum absolute atomic E-state index is 0.128. The highest BCUT2D eigenvalue weighted by Gasteiger charge is 2.27. The van der Waals surface area contributed by atoms with Crippen molar-refractivity contribution in [2.24, 2.45) is 0 Å². The third-order valence-corrected chi connectivity index (χ3v) is 7.30. The van der Waals surface area contributed by atoms with E-state index < -0.39 is 10.0 Å². The molecule has 150 valence electrons. The third-order valence-electron chi connectivity index (χ3n) is 4.47. The summed E-state index contributed by atoms with van der Waals surface area (Å²) >= 11 is 1.24. The van der Waals surface area contributed by atoms with Crippen LogP contribution in [0.3, 0.4) is 0 Å². The Hall–Kier alpha value is -2.10. The second-order valence-electron chi connectivity index (χ2n) is 6.22. The molecule has 1 fully saturated rings. The summed E-state index contributed by atoms with van der Waals surface area (Å²) in [7, 11) is -0.441. The van der Waals surface area contributed by atoms with E-state index in [9.17, 15) is 13.2 Å². The molecule has 0 unspecified atom stereocenters. The number of thioether (sulfide) groups is 1. The van der Waals surface area contributed by atoms with E-state index in [1.165, 1.54) is 36.5 Å². The molecule has 0 saturated carbocycles. The van der Waals surface area contributed by atoms with Crippen LogP contribution in [0.2, 0.25) is 0 Å². The van der Waals surface area contributed by atoms with Crippen LogP contribution >= 0.6 is 11.8 Å². The molecule has 0 aliphatic carbocycles. The number of aromatic nitrogens is 1. The van der Waals surface area contributed by atoms with Crippen molar-refractivity contribution in [2.75, 3.05) is 33.1 Å². The lowest BCUT2D eigenvalue weighted by Gasteiger charge is -2.15. The van der Waals surface area contributed by atoms with Gasteiger partial charge in [0.25, 0.3) is 0 Å². The number of ether oxygens (including phenoxy) is 2. The van der Waals surface area contributed by atoms with Crippen molar-refractivity contribution in [3.8, 4) is 11.5 Å². The van der Waals surface area contributed by atoms with E-state index in [4.69, 9.17) is 9.47 Å². The second kappa shape index (κ2) is 8.93. The van der Waals surface area contributed by atoms with Crippen molar-refractivity contribution in [1.29, 1.82) is 0 Å². The minimum atomic E-state index is -3.48. The average Bonchev–Trinajstić information content (AvgIpc) is 3.27. The predicted molar refractivity (Wildman–Crippen MR) is 107 cm³/mol. The molecule has 3 rings (SSSR count). The first-order chi connectivity index (χ1) is 13.5.